The molecular weight excluding hydrogens is 285 g/mol. The molecule has 1 fully saturated rings. The molecule has 0 saturated carbocycles. The van der Waals surface area contributed by atoms with Gasteiger partial charge in [-0.05, 0) is 20.8 Å². The summed E-state index contributed by atoms with van der Waals surface area (Å²) in [6.45, 7) is 3.85. The van der Waals surface area contributed by atoms with Gasteiger partial charge in [-0.2, -0.15) is 0 Å². The van der Waals surface area contributed by atoms with Crippen LogP contribution < -0.4 is 0 Å². The summed E-state index contributed by atoms with van der Waals surface area (Å²) in [7, 11) is 1.15. The molecule has 0 spiro atoms. The summed E-state index contributed by atoms with van der Waals surface area (Å²) >= 11 is 0. The molecule has 2 amide bonds. The predicted molar refractivity (Wildman–Crippen MR) is 69.2 cm³/mol. The van der Waals surface area contributed by atoms with Crippen molar-refractivity contribution in [2.75, 3.05) is 20.4 Å². The minimum atomic E-state index is -1.12. The Kier molecular flexibility index (Phi) is 5.65. The number of hydrogen-bond donors (Lipinski definition) is 0. The molecule has 0 aliphatic carbocycles. The largest absolute Gasteiger partial charge is 0.467 e. The summed E-state index contributed by atoms with van der Waals surface area (Å²) in [5.41, 5.74) is -0.823. The number of esters is 1. The number of carbonyl (C=O) groups is 3. The van der Waals surface area contributed by atoms with Gasteiger partial charge in [0.15, 0.2) is 0 Å². The number of likely N-dealkylation sites (tertiary alicyclic amines) is 1. The fourth-order valence-corrected chi connectivity index (χ4v) is 1.91. The zero-order valence-corrected chi connectivity index (χ0v) is 12.6. The third-order valence-corrected chi connectivity index (χ3v) is 2.72. The lowest BCUT2D eigenvalue weighted by atomic mass is 10.2. The van der Waals surface area contributed by atoms with E-state index in [9.17, 15) is 18.8 Å². The van der Waals surface area contributed by atoms with Crippen LogP contribution in [0.5, 0.6) is 0 Å². The number of hydrogen-bond acceptors (Lipinski definition) is 6. The molecule has 1 aliphatic rings. The van der Waals surface area contributed by atoms with Crippen LogP contribution in [0.15, 0.2) is 0 Å². The Balaban J connectivity index is 2.92. The van der Waals surface area contributed by atoms with E-state index in [1.165, 1.54) is 0 Å². The highest BCUT2D eigenvalue weighted by Crippen LogP contribution is 2.25. The van der Waals surface area contributed by atoms with Crippen LogP contribution >= 0.6 is 0 Å². The number of imide groups is 1. The number of carbonyl (C=O) groups excluding carboxylic acids is 3. The van der Waals surface area contributed by atoms with Gasteiger partial charge in [0.05, 0.1) is 13.7 Å². The molecule has 120 valence electrons. The first-order valence-corrected chi connectivity index (χ1v) is 6.52. The fraction of sp³-hybridized carbons (Fsp3) is 0.769. The fourth-order valence-electron chi connectivity index (χ4n) is 1.91. The number of nitrogens with zero attached hydrogens (tertiary/aromatic N) is 1. The van der Waals surface area contributed by atoms with Gasteiger partial charge in [-0.25, -0.2) is 18.9 Å². The van der Waals surface area contributed by atoms with Crippen molar-refractivity contribution < 1.29 is 33.0 Å². The minimum absolute atomic E-state index is 0.0786. The summed E-state index contributed by atoms with van der Waals surface area (Å²) in [6, 6.07) is -1.12. The first-order valence-electron chi connectivity index (χ1n) is 6.52. The highest BCUT2D eigenvalue weighted by Gasteiger charge is 2.49. The molecule has 21 heavy (non-hydrogen) atoms. The molecule has 0 aromatic rings. The molecule has 1 aliphatic heterocycles. The summed E-state index contributed by atoms with van der Waals surface area (Å²) in [4.78, 5) is 36.6. The maximum atomic E-state index is 12.1. The monoisotopic (exact) mass is 305 g/mol. The average molecular weight is 305 g/mol. The van der Waals surface area contributed by atoms with E-state index in [2.05, 4.69) is 4.74 Å². The van der Waals surface area contributed by atoms with Crippen LogP contribution in [0.1, 0.15) is 27.2 Å². The Morgan fingerprint density at radius 2 is 2.00 bits per heavy atom. The highest BCUT2D eigenvalue weighted by atomic mass is 19.1. The van der Waals surface area contributed by atoms with Crippen molar-refractivity contribution in [3.8, 4) is 0 Å². The average Bonchev–Trinajstić information content (AvgIpc) is 2.70. The van der Waals surface area contributed by atoms with Crippen molar-refractivity contribution in [3.05, 3.63) is 0 Å². The van der Waals surface area contributed by atoms with Gasteiger partial charge in [0.1, 0.15) is 24.4 Å². The van der Waals surface area contributed by atoms with Gasteiger partial charge in [0, 0.05) is 6.42 Å². The van der Waals surface area contributed by atoms with Gasteiger partial charge in [-0.3, -0.25) is 4.79 Å². The first kappa shape index (κ1) is 17.4. The summed E-state index contributed by atoms with van der Waals surface area (Å²) in [5, 5.41) is 0. The minimum Gasteiger partial charge on any atom is -0.467 e. The first-order chi connectivity index (χ1) is 9.71. The molecule has 0 aromatic carbocycles. The lowest BCUT2D eigenvalue weighted by molar-refractivity contribution is -0.149. The van der Waals surface area contributed by atoms with E-state index in [1.54, 1.807) is 20.8 Å². The molecule has 1 rings (SSSR count). The van der Waals surface area contributed by atoms with Gasteiger partial charge in [-0.15, -0.1) is 0 Å². The molecule has 1 saturated heterocycles. The molecule has 7 nitrogen and oxygen atoms in total. The molecule has 0 radical (unpaired) electrons. The third-order valence-electron chi connectivity index (χ3n) is 2.72. The summed E-state index contributed by atoms with van der Waals surface area (Å²) < 4.78 is 26.8. The van der Waals surface area contributed by atoms with Gasteiger partial charge in [-0.1, -0.05) is 0 Å². The van der Waals surface area contributed by atoms with Crippen molar-refractivity contribution >= 4 is 18.0 Å². The number of halogens is 1. The quantitative estimate of drug-likeness (QED) is 0.722. The van der Waals surface area contributed by atoms with Crippen LogP contribution in [-0.2, 0) is 23.8 Å². The van der Waals surface area contributed by atoms with Crippen LogP contribution in [0.25, 0.3) is 0 Å². The van der Waals surface area contributed by atoms with Crippen LogP contribution in [0, 0.1) is 0 Å². The van der Waals surface area contributed by atoms with E-state index in [0.29, 0.717) is 4.90 Å². The van der Waals surface area contributed by atoms with Gasteiger partial charge in [0.2, 0.25) is 0 Å². The van der Waals surface area contributed by atoms with E-state index in [1.807, 2.05) is 0 Å². The van der Waals surface area contributed by atoms with E-state index in [0.717, 1.165) is 7.11 Å². The Labute approximate surface area is 122 Å². The molecule has 0 bridgehead atoms. The maximum absolute atomic E-state index is 12.1. The number of alkyl halides is 1. The predicted octanol–water partition coefficient (Wildman–Crippen LogP) is 1.05. The summed E-state index contributed by atoms with van der Waals surface area (Å²) in [6.07, 6.45) is -2.09. The molecule has 2 unspecified atom stereocenters. The van der Waals surface area contributed by atoms with Crippen LogP contribution in [-0.4, -0.2) is 61.0 Å². The lowest BCUT2D eigenvalue weighted by Gasteiger charge is -2.26. The molecular formula is C13H20FNO6. The molecule has 1 heterocycles. The van der Waals surface area contributed by atoms with Gasteiger partial charge >= 0.3 is 12.1 Å². The Hall–Kier alpha value is -1.70. The number of methoxy groups -OCH3 is 1. The third kappa shape index (κ3) is 4.38. The van der Waals surface area contributed by atoms with Gasteiger partial charge < -0.3 is 14.2 Å². The maximum Gasteiger partial charge on any atom is 0.417 e. The number of ether oxygens (including phenoxy) is 3. The van der Waals surface area contributed by atoms with E-state index in [-0.39, 0.29) is 13.0 Å². The molecule has 8 heteroatoms. The Morgan fingerprint density at radius 1 is 1.38 bits per heavy atom. The topological polar surface area (TPSA) is 82.1 Å². The van der Waals surface area contributed by atoms with Crippen LogP contribution in [0.2, 0.25) is 0 Å². The second-order valence-electron chi connectivity index (χ2n) is 5.51. The number of rotatable bonds is 4. The van der Waals surface area contributed by atoms with Crippen molar-refractivity contribution in [1.29, 1.82) is 0 Å². The second-order valence-corrected chi connectivity index (χ2v) is 5.51. The van der Waals surface area contributed by atoms with E-state index < -0.39 is 42.4 Å². The normalized spacial score (nSPS) is 22.3. The SMILES string of the molecule is COC(=O)C1CC(OCCF)C(=O)N1C(=O)OC(C)(C)C. The molecule has 0 aromatic heterocycles. The zero-order chi connectivity index (χ0) is 16.2. The van der Waals surface area contributed by atoms with Gasteiger partial charge in [0.25, 0.3) is 5.91 Å². The summed E-state index contributed by atoms with van der Waals surface area (Å²) in [5.74, 6) is -1.48. The molecule has 0 N–H and O–H groups in total. The number of amides is 2. The van der Waals surface area contributed by atoms with Crippen molar-refractivity contribution in [2.45, 2.75) is 44.9 Å². The second kappa shape index (κ2) is 6.84. The lowest BCUT2D eigenvalue weighted by Crippen LogP contribution is -2.46. The molecule has 2 atom stereocenters. The smallest absolute Gasteiger partial charge is 0.417 e. The highest BCUT2D eigenvalue weighted by molar-refractivity contribution is 6.01. The van der Waals surface area contributed by atoms with Crippen LogP contribution in [0.3, 0.4) is 0 Å². The van der Waals surface area contributed by atoms with Crippen molar-refractivity contribution in [3.63, 3.8) is 0 Å². The van der Waals surface area contributed by atoms with E-state index >= 15 is 0 Å². The van der Waals surface area contributed by atoms with Crippen LogP contribution in [0.4, 0.5) is 9.18 Å². The standard InChI is InChI=1S/C13H20FNO6/c1-13(2,3)21-12(18)15-8(11(17)19-4)7-9(10(15)16)20-6-5-14/h8-9H,5-7H2,1-4H3. The zero-order valence-electron chi connectivity index (χ0n) is 12.6. The van der Waals surface area contributed by atoms with E-state index in [4.69, 9.17) is 9.47 Å². The Bertz CT molecular complexity index is 419. The Morgan fingerprint density at radius 3 is 2.48 bits per heavy atom. The van der Waals surface area contributed by atoms with Crippen molar-refractivity contribution in [2.24, 2.45) is 0 Å². The van der Waals surface area contributed by atoms with Crippen molar-refractivity contribution in [1.82, 2.24) is 4.90 Å².